The summed E-state index contributed by atoms with van der Waals surface area (Å²) in [5.74, 6) is -4.81. The van der Waals surface area contributed by atoms with Crippen molar-refractivity contribution in [2.24, 2.45) is 17.8 Å². The molecule has 0 spiro atoms. The Morgan fingerprint density at radius 2 is 1.80 bits per heavy atom. The van der Waals surface area contributed by atoms with Crippen LogP contribution in [0.3, 0.4) is 0 Å². The monoisotopic (exact) mass is 708 g/mol. The minimum atomic E-state index is -2.29. The van der Waals surface area contributed by atoms with Crippen LogP contribution in [0, 0.1) is 17.8 Å². The zero-order valence-corrected chi connectivity index (χ0v) is 31.5. The molecular formula is C41H60N2O8. The lowest BCUT2D eigenvalue weighted by Crippen LogP contribution is -2.61. The Morgan fingerprint density at radius 1 is 1.06 bits per heavy atom. The highest BCUT2D eigenvalue weighted by atomic mass is 16.6. The molecule has 2 amide bonds. The maximum absolute atomic E-state index is 13.7. The number of aryl methyl sites for hydroxylation is 1. The second kappa shape index (κ2) is 21.2. The summed E-state index contributed by atoms with van der Waals surface area (Å²) in [7, 11) is 3.13. The second-order valence-corrected chi connectivity index (χ2v) is 14.3. The first kappa shape index (κ1) is 42.0. The first-order valence-electron chi connectivity index (χ1n) is 18.5. The molecule has 2 N–H and O–H groups in total. The maximum atomic E-state index is 13.7. The van der Waals surface area contributed by atoms with Gasteiger partial charge in [0.05, 0.1) is 12.2 Å². The summed E-state index contributed by atoms with van der Waals surface area (Å²) in [4.78, 5) is 54.0. The van der Waals surface area contributed by atoms with Crippen molar-refractivity contribution in [2.45, 2.75) is 110 Å². The van der Waals surface area contributed by atoms with Crippen molar-refractivity contribution in [1.29, 1.82) is 0 Å². The molecule has 2 heterocycles. The van der Waals surface area contributed by atoms with Crippen molar-refractivity contribution in [1.82, 2.24) is 10.2 Å². The van der Waals surface area contributed by atoms with Gasteiger partial charge in [0.2, 0.25) is 11.7 Å². The fraction of sp³-hybridized carbons (Fsp3) is 0.610. The van der Waals surface area contributed by atoms with E-state index in [9.17, 15) is 24.3 Å². The highest BCUT2D eigenvalue weighted by molar-refractivity contribution is 6.39. The summed E-state index contributed by atoms with van der Waals surface area (Å²) in [5, 5.41) is 14.6. The van der Waals surface area contributed by atoms with Gasteiger partial charge < -0.3 is 29.5 Å². The molecule has 2 aliphatic rings. The Morgan fingerprint density at radius 3 is 2.51 bits per heavy atom. The van der Waals surface area contributed by atoms with Crippen molar-refractivity contribution in [3.05, 3.63) is 71.8 Å². The Labute approximate surface area is 304 Å². The standard InChI is InChI=1S/C41H60N2O8/c1-29(26-31(3)36(44)28-49-5)16-9-7-10-17-30(2)37(50-6)27-34-23-22-32(4)41(48,51-34)38(45)40(47)43-25-14-13-21-35(43)39(46)42-24-15-20-33-18-11-8-12-19-33/h7-12,16-19,29,31-32,34-35,37,48H,13-15,20-28H2,1-6H3,(H,42,46)/b10-7+,16-9+,30-17+/t29-,31-,32-,34?,35?,37+,41-/m1/s1. The zero-order chi connectivity index (χ0) is 37.4. The van der Waals surface area contributed by atoms with Gasteiger partial charge in [-0.15, -0.1) is 0 Å². The van der Waals surface area contributed by atoms with E-state index in [0.29, 0.717) is 38.6 Å². The van der Waals surface area contributed by atoms with E-state index < -0.39 is 35.5 Å². The number of ketones is 2. The summed E-state index contributed by atoms with van der Waals surface area (Å²) in [6.45, 7) is 8.52. The lowest BCUT2D eigenvalue weighted by molar-refractivity contribution is -0.265. The average Bonchev–Trinajstić information content (AvgIpc) is 3.13. The molecule has 10 heteroatoms. The molecular weight excluding hydrogens is 648 g/mol. The number of allylic oxidation sites excluding steroid dienone is 5. The van der Waals surface area contributed by atoms with Crippen LogP contribution in [0.2, 0.25) is 0 Å². The average molecular weight is 709 g/mol. The minimum absolute atomic E-state index is 0.0667. The first-order valence-corrected chi connectivity index (χ1v) is 18.5. The van der Waals surface area contributed by atoms with Crippen LogP contribution in [-0.2, 0) is 39.8 Å². The number of amides is 2. The highest BCUT2D eigenvalue weighted by Crippen LogP contribution is 2.36. The van der Waals surface area contributed by atoms with Crippen molar-refractivity contribution < 1.29 is 38.5 Å². The quantitative estimate of drug-likeness (QED) is 0.109. The van der Waals surface area contributed by atoms with Gasteiger partial charge in [0.15, 0.2) is 5.78 Å². The highest BCUT2D eigenvalue weighted by Gasteiger charge is 2.52. The summed E-state index contributed by atoms with van der Waals surface area (Å²) >= 11 is 0. The summed E-state index contributed by atoms with van der Waals surface area (Å²) in [6, 6.07) is 9.26. The minimum Gasteiger partial charge on any atom is -0.377 e. The molecule has 2 aliphatic heterocycles. The summed E-state index contributed by atoms with van der Waals surface area (Å²) in [6.07, 6.45) is 14.7. The number of benzene rings is 1. The number of carbonyl (C=O) groups is 4. The molecule has 2 saturated heterocycles. The summed E-state index contributed by atoms with van der Waals surface area (Å²) < 4.78 is 16.8. The Kier molecular flexibility index (Phi) is 17.4. The number of methoxy groups -OCH3 is 2. The van der Waals surface area contributed by atoms with Crippen molar-refractivity contribution in [3.63, 3.8) is 0 Å². The number of nitrogens with one attached hydrogen (secondary N) is 1. The number of piperidine rings is 1. The van der Waals surface area contributed by atoms with Gasteiger partial charge in [-0.1, -0.05) is 81.5 Å². The van der Waals surface area contributed by atoms with Gasteiger partial charge in [-0.05, 0) is 75.3 Å². The van der Waals surface area contributed by atoms with Gasteiger partial charge in [-0.2, -0.15) is 0 Å². The summed E-state index contributed by atoms with van der Waals surface area (Å²) in [5.41, 5.74) is 2.13. The molecule has 51 heavy (non-hydrogen) atoms. The number of rotatable bonds is 19. The Balaban J connectivity index is 1.57. The van der Waals surface area contributed by atoms with Crippen LogP contribution in [0.1, 0.15) is 84.6 Å². The third-order valence-electron chi connectivity index (χ3n) is 10.2. The smallest absolute Gasteiger partial charge is 0.296 e. The lowest BCUT2D eigenvalue weighted by atomic mass is 9.85. The number of hydrogen-bond acceptors (Lipinski definition) is 8. The second-order valence-electron chi connectivity index (χ2n) is 14.3. The predicted molar refractivity (Wildman–Crippen MR) is 198 cm³/mol. The van der Waals surface area contributed by atoms with E-state index in [1.165, 1.54) is 17.6 Å². The molecule has 3 rings (SSSR count). The van der Waals surface area contributed by atoms with Gasteiger partial charge in [-0.25, -0.2) is 0 Å². The predicted octanol–water partition coefficient (Wildman–Crippen LogP) is 5.53. The van der Waals surface area contributed by atoms with E-state index in [4.69, 9.17) is 14.2 Å². The van der Waals surface area contributed by atoms with E-state index in [1.807, 2.05) is 68.5 Å². The van der Waals surface area contributed by atoms with E-state index in [1.54, 1.807) is 14.0 Å². The van der Waals surface area contributed by atoms with Crippen LogP contribution >= 0.6 is 0 Å². The Bertz CT molecular complexity index is 1370. The molecule has 0 radical (unpaired) electrons. The molecule has 10 nitrogen and oxygen atoms in total. The fourth-order valence-electron chi connectivity index (χ4n) is 6.89. The number of ether oxygens (including phenoxy) is 3. The van der Waals surface area contributed by atoms with Gasteiger partial charge in [0, 0.05) is 45.6 Å². The maximum Gasteiger partial charge on any atom is 0.296 e. The number of aliphatic hydroxyl groups is 1. The third-order valence-corrected chi connectivity index (χ3v) is 10.2. The van der Waals surface area contributed by atoms with E-state index in [-0.39, 0.29) is 42.8 Å². The van der Waals surface area contributed by atoms with Gasteiger partial charge in [0.1, 0.15) is 12.6 Å². The van der Waals surface area contributed by atoms with Crippen molar-refractivity contribution in [2.75, 3.05) is 33.9 Å². The number of nitrogens with zero attached hydrogens (tertiary/aromatic N) is 1. The van der Waals surface area contributed by atoms with Gasteiger partial charge in [-0.3, -0.25) is 19.2 Å². The molecule has 2 fully saturated rings. The molecule has 7 atom stereocenters. The van der Waals surface area contributed by atoms with Crippen molar-refractivity contribution >= 4 is 23.4 Å². The van der Waals surface area contributed by atoms with Gasteiger partial charge in [0.25, 0.3) is 11.7 Å². The Hall–Kier alpha value is -3.44. The largest absolute Gasteiger partial charge is 0.377 e. The SMILES string of the molecule is COCC(=O)[C@H](C)C[C@H](C)/C=C/C=C/C=C(\C)[C@H](CC1CC[C@@H](C)[C@](O)(C(=O)C(=O)N2CCCCC2C(=O)NCCCc2ccccc2)O1)OC. The van der Waals surface area contributed by atoms with Crippen LogP contribution in [-0.4, -0.2) is 91.3 Å². The molecule has 0 aromatic heterocycles. The topological polar surface area (TPSA) is 131 Å². The normalized spacial score (nSPS) is 24.7. The van der Waals surface area contributed by atoms with Crippen molar-refractivity contribution in [3.8, 4) is 0 Å². The number of carbonyl (C=O) groups excluding carboxylic acids is 4. The lowest BCUT2D eigenvalue weighted by Gasteiger charge is -2.42. The zero-order valence-electron chi connectivity index (χ0n) is 31.5. The van der Waals surface area contributed by atoms with Crippen LogP contribution in [0.5, 0.6) is 0 Å². The molecule has 0 aliphatic carbocycles. The molecule has 1 aromatic rings. The number of hydrogen-bond donors (Lipinski definition) is 2. The molecule has 1 aromatic carbocycles. The number of likely N-dealkylation sites (tertiary alicyclic amines) is 1. The number of Topliss-reactive ketones (excluding diaryl/α,β-unsaturated/α-hetero) is 2. The van der Waals surface area contributed by atoms with E-state index in [0.717, 1.165) is 31.3 Å². The van der Waals surface area contributed by atoms with E-state index >= 15 is 0 Å². The van der Waals surface area contributed by atoms with Crippen LogP contribution < -0.4 is 5.32 Å². The molecule has 0 saturated carbocycles. The van der Waals surface area contributed by atoms with Gasteiger partial charge >= 0.3 is 0 Å². The fourth-order valence-corrected chi connectivity index (χ4v) is 6.89. The first-order chi connectivity index (χ1) is 24.4. The van der Waals surface area contributed by atoms with Crippen LogP contribution in [0.15, 0.2) is 66.3 Å². The third kappa shape index (κ3) is 12.6. The molecule has 2 unspecified atom stereocenters. The van der Waals surface area contributed by atoms with Crippen LogP contribution in [0.4, 0.5) is 0 Å². The molecule has 0 bridgehead atoms. The molecule has 282 valence electrons. The van der Waals surface area contributed by atoms with E-state index in [2.05, 4.69) is 18.3 Å². The van der Waals surface area contributed by atoms with Crippen LogP contribution in [0.25, 0.3) is 0 Å².